The van der Waals surface area contributed by atoms with Crippen LogP contribution in [0.2, 0.25) is 0 Å². The number of aliphatic hydroxyl groups is 1. The van der Waals surface area contributed by atoms with Crippen molar-refractivity contribution in [3.63, 3.8) is 0 Å². The molecule has 0 aromatic rings. The van der Waals surface area contributed by atoms with Crippen LogP contribution in [0.25, 0.3) is 0 Å². The first-order valence-electron chi connectivity index (χ1n) is 13.6. The van der Waals surface area contributed by atoms with Gasteiger partial charge < -0.3 is 10.2 Å². The Kier molecular flexibility index (Phi) is 6.47. The average molecular weight is 457 g/mol. The van der Waals surface area contributed by atoms with Crippen molar-refractivity contribution in [2.45, 2.75) is 105 Å². The Morgan fingerprint density at radius 1 is 1.12 bits per heavy atom. The molecule has 0 saturated heterocycles. The lowest BCUT2D eigenvalue weighted by atomic mass is 9.43. The Morgan fingerprint density at radius 2 is 1.85 bits per heavy atom. The molecule has 3 nitrogen and oxygen atoms in total. The van der Waals surface area contributed by atoms with Crippen LogP contribution in [0.1, 0.15) is 105 Å². The van der Waals surface area contributed by atoms with Gasteiger partial charge in [0.15, 0.2) is 0 Å². The first-order valence-corrected chi connectivity index (χ1v) is 13.6. The van der Waals surface area contributed by atoms with E-state index in [0.717, 1.165) is 36.7 Å². The molecular weight excluding hydrogens is 408 g/mol. The molecule has 0 unspecified atom stereocenters. The van der Waals surface area contributed by atoms with Crippen LogP contribution in [0.15, 0.2) is 23.8 Å². The van der Waals surface area contributed by atoms with Crippen LogP contribution in [0, 0.1) is 45.3 Å². The van der Waals surface area contributed by atoms with Crippen LogP contribution in [0.5, 0.6) is 0 Å². The number of rotatable bonds is 9. The number of aliphatic carboxylic acids is 1. The summed E-state index contributed by atoms with van der Waals surface area (Å²) in [6.45, 7) is 16.4. The smallest absolute Gasteiger partial charge is 0.303 e. The zero-order valence-corrected chi connectivity index (χ0v) is 21.9. The van der Waals surface area contributed by atoms with Gasteiger partial charge in [-0.2, -0.15) is 0 Å². The lowest BCUT2D eigenvalue weighted by molar-refractivity contribution is -0.139. The Morgan fingerprint density at radius 3 is 2.48 bits per heavy atom. The summed E-state index contributed by atoms with van der Waals surface area (Å²) < 4.78 is 0. The highest BCUT2D eigenvalue weighted by Crippen LogP contribution is 2.87. The molecule has 0 radical (unpaired) electrons. The van der Waals surface area contributed by atoms with Crippen molar-refractivity contribution in [2.24, 2.45) is 45.3 Å². The molecule has 4 fully saturated rings. The zero-order chi connectivity index (χ0) is 24.2. The van der Waals surface area contributed by atoms with E-state index in [1.807, 2.05) is 0 Å². The second-order valence-corrected chi connectivity index (χ2v) is 13.2. The van der Waals surface area contributed by atoms with Gasteiger partial charge in [-0.05, 0) is 129 Å². The number of hydrogen-bond acceptors (Lipinski definition) is 2. The molecule has 2 N–H and O–H groups in total. The Labute approximate surface area is 202 Å². The van der Waals surface area contributed by atoms with Crippen molar-refractivity contribution in [3.05, 3.63) is 23.8 Å². The lowest BCUT2D eigenvalue weighted by Crippen LogP contribution is -2.54. The van der Waals surface area contributed by atoms with E-state index in [1.165, 1.54) is 50.5 Å². The van der Waals surface area contributed by atoms with E-state index in [0.29, 0.717) is 22.7 Å². The van der Waals surface area contributed by atoms with Gasteiger partial charge >= 0.3 is 5.97 Å². The Bertz CT molecular complexity index is 824. The summed E-state index contributed by atoms with van der Waals surface area (Å²) in [6.07, 6.45) is 14.6. The minimum absolute atomic E-state index is 0.0422. The average Bonchev–Trinajstić information content (AvgIpc) is 3.35. The monoisotopic (exact) mass is 456 g/mol. The molecule has 186 valence electrons. The molecule has 0 aromatic carbocycles. The summed E-state index contributed by atoms with van der Waals surface area (Å²) in [5.74, 6) is 1.85. The van der Waals surface area contributed by atoms with Crippen LogP contribution in [0.3, 0.4) is 0 Å². The van der Waals surface area contributed by atoms with Gasteiger partial charge in [-0.15, -0.1) is 0 Å². The van der Waals surface area contributed by atoms with Crippen LogP contribution in [-0.4, -0.2) is 22.8 Å². The summed E-state index contributed by atoms with van der Waals surface area (Å²) >= 11 is 0. The fraction of sp³-hybridized carbons (Fsp3) is 0.833. The third kappa shape index (κ3) is 3.58. The first-order chi connectivity index (χ1) is 15.5. The van der Waals surface area contributed by atoms with E-state index in [2.05, 4.69) is 47.3 Å². The lowest BCUT2D eigenvalue weighted by Gasteiger charge is -2.61. The van der Waals surface area contributed by atoms with Crippen LogP contribution in [-0.2, 0) is 4.79 Å². The molecule has 4 aliphatic carbocycles. The van der Waals surface area contributed by atoms with E-state index in [4.69, 9.17) is 0 Å². The minimum atomic E-state index is -0.681. The van der Waals surface area contributed by atoms with Crippen molar-refractivity contribution in [1.82, 2.24) is 0 Å². The van der Waals surface area contributed by atoms with E-state index in [9.17, 15) is 15.0 Å². The fourth-order valence-corrected chi connectivity index (χ4v) is 10.1. The van der Waals surface area contributed by atoms with Gasteiger partial charge in [0.25, 0.3) is 0 Å². The van der Waals surface area contributed by atoms with E-state index in [-0.39, 0.29) is 23.9 Å². The molecule has 1 spiro atoms. The van der Waals surface area contributed by atoms with Gasteiger partial charge in [0, 0.05) is 6.42 Å². The van der Waals surface area contributed by atoms with Gasteiger partial charge in [0.05, 0.1) is 6.61 Å². The molecule has 0 aliphatic heterocycles. The predicted molar refractivity (Wildman–Crippen MR) is 135 cm³/mol. The maximum Gasteiger partial charge on any atom is 0.303 e. The third-order valence-corrected chi connectivity index (χ3v) is 11.9. The second-order valence-electron chi connectivity index (χ2n) is 13.2. The summed E-state index contributed by atoms with van der Waals surface area (Å²) in [7, 11) is 0. The largest absolute Gasteiger partial charge is 0.481 e. The molecule has 8 atom stereocenters. The Hall–Kier alpha value is -1.09. The fourth-order valence-electron chi connectivity index (χ4n) is 10.1. The number of allylic oxidation sites excluding steroid dienone is 2. The summed E-state index contributed by atoms with van der Waals surface area (Å²) in [5.41, 5.74) is 3.44. The van der Waals surface area contributed by atoms with Crippen LogP contribution in [0.4, 0.5) is 0 Å². The molecule has 4 aliphatic rings. The SMILES string of the molecule is C=C(CO)[C@@H]1CC[C@@H]2[C@]3(CC[C@]4(C)[C@@H]([C@H](C)CCC=C(C)C)CC[C@@]24C)C[C@]13CCC(=O)O. The molecule has 0 bridgehead atoms. The maximum absolute atomic E-state index is 11.6. The Balaban J connectivity index is 1.61. The summed E-state index contributed by atoms with van der Waals surface area (Å²) in [5, 5.41) is 19.5. The van der Waals surface area contributed by atoms with Gasteiger partial charge in [0.2, 0.25) is 0 Å². The molecule has 33 heavy (non-hydrogen) atoms. The first kappa shape index (κ1) is 25.0. The van der Waals surface area contributed by atoms with E-state index < -0.39 is 5.97 Å². The predicted octanol–water partition coefficient (Wildman–Crippen LogP) is 7.40. The van der Waals surface area contributed by atoms with Gasteiger partial charge in [-0.1, -0.05) is 39.0 Å². The number of fused-ring (bicyclic) bond motifs is 2. The summed E-state index contributed by atoms with van der Waals surface area (Å²) in [4.78, 5) is 11.6. The quantitative estimate of drug-likeness (QED) is 0.355. The zero-order valence-electron chi connectivity index (χ0n) is 21.9. The molecule has 0 heterocycles. The van der Waals surface area contributed by atoms with E-state index in [1.54, 1.807) is 0 Å². The second kappa shape index (κ2) is 8.54. The van der Waals surface area contributed by atoms with Gasteiger partial charge in [-0.3, -0.25) is 4.79 Å². The number of carbonyl (C=O) groups is 1. The number of carboxylic acid groups (broad SMARTS) is 1. The highest BCUT2D eigenvalue weighted by Gasteiger charge is 2.80. The molecule has 0 aromatic heterocycles. The standard InChI is InChI=1S/C30H48O3/c1-20(2)8-7-9-21(3)23-12-14-28(6)25-11-10-24(22(4)18-31)29(15-13-26(32)33)19-30(25,29)17-16-27(23,28)5/h8,21,23-25,31H,4,7,9-19H2,1-3,5-6H3,(H,32,33)/t21-,23-,24+,25+,27-,28+,29-,30+/m1/s1. The maximum atomic E-state index is 11.6. The van der Waals surface area contributed by atoms with Gasteiger partial charge in [0.1, 0.15) is 0 Å². The van der Waals surface area contributed by atoms with Crippen molar-refractivity contribution in [2.75, 3.05) is 6.61 Å². The number of aliphatic hydroxyl groups excluding tert-OH is 1. The molecule has 4 rings (SSSR count). The molecule has 4 saturated carbocycles. The topological polar surface area (TPSA) is 57.5 Å². The van der Waals surface area contributed by atoms with Crippen LogP contribution < -0.4 is 0 Å². The van der Waals surface area contributed by atoms with Crippen LogP contribution >= 0.6 is 0 Å². The highest BCUT2D eigenvalue weighted by atomic mass is 16.4. The van der Waals surface area contributed by atoms with Crippen molar-refractivity contribution >= 4 is 5.97 Å². The van der Waals surface area contributed by atoms with Crippen molar-refractivity contribution in [1.29, 1.82) is 0 Å². The van der Waals surface area contributed by atoms with E-state index >= 15 is 0 Å². The molecular formula is C30H48O3. The summed E-state index contributed by atoms with van der Waals surface area (Å²) in [6, 6.07) is 0. The number of carboxylic acids is 1. The minimum Gasteiger partial charge on any atom is -0.481 e. The third-order valence-electron chi connectivity index (χ3n) is 11.9. The van der Waals surface area contributed by atoms with Gasteiger partial charge in [-0.25, -0.2) is 0 Å². The molecule has 0 amide bonds. The highest BCUT2D eigenvalue weighted by molar-refractivity contribution is 5.67. The van der Waals surface area contributed by atoms with Crippen molar-refractivity contribution < 1.29 is 15.0 Å². The normalized spacial score (nSPS) is 44.2. The number of hydrogen-bond donors (Lipinski definition) is 2. The molecule has 3 heteroatoms. The van der Waals surface area contributed by atoms with Crippen molar-refractivity contribution in [3.8, 4) is 0 Å².